The van der Waals surface area contributed by atoms with Crippen LogP contribution in [0.25, 0.3) is 10.9 Å². The molecule has 1 fully saturated rings. The van der Waals surface area contributed by atoms with Gasteiger partial charge >= 0.3 is 0 Å². The number of fused-ring (bicyclic) bond motifs is 1. The van der Waals surface area contributed by atoms with Crippen LogP contribution in [0.5, 0.6) is 0 Å². The number of rotatable bonds is 2. The van der Waals surface area contributed by atoms with E-state index in [1.54, 1.807) is 11.0 Å². The van der Waals surface area contributed by atoms with Gasteiger partial charge in [-0.15, -0.1) is 12.4 Å². The average Bonchev–Trinajstić information content (AvgIpc) is 2.70. The van der Waals surface area contributed by atoms with Crippen LogP contribution < -0.4 is 5.73 Å². The van der Waals surface area contributed by atoms with E-state index in [1.165, 1.54) is 0 Å². The molecule has 1 aliphatic rings. The van der Waals surface area contributed by atoms with Crippen molar-refractivity contribution in [2.75, 3.05) is 6.54 Å². The van der Waals surface area contributed by atoms with Gasteiger partial charge in [-0.2, -0.15) is 0 Å². The lowest BCUT2D eigenvalue weighted by Gasteiger charge is -2.16. The molecular weight excluding hydrogens is 297 g/mol. The number of nitrogens with zero attached hydrogens (tertiary/aromatic N) is 2. The third-order valence-corrected chi connectivity index (χ3v) is 3.65. The largest absolute Gasteiger partial charge is 0.337 e. The minimum absolute atomic E-state index is 0. The van der Waals surface area contributed by atoms with Crippen LogP contribution in [0.2, 0.25) is 5.15 Å². The van der Waals surface area contributed by atoms with Crippen LogP contribution in [0.1, 0.15) is 12.0 Å². The van der Waals surface area contributed by atoms with E-state index in [0.717, 1.165) is 29.4 Å². The number of benzene rings is 1. The van der Waals surface area contributed by atoms with Crippen molar-refractivity contribution in [2.45, 2.75) is 19.0 Å². The number of hydrogen-bond donors (Lipinski definition) is 1. The van der Waals surface area contributed by atoms with Gasteiger partial charge in [0, 0.05) is 18.5 Å². The lowest BCUT2D eigenvalue weighted by molar-refractivity contribution is -0.129. The number of pyridine rings is 1. The molecule has 1 aromatic heterocycles. The zero-order valence-electron chi connectivity index (χ0n) is 10.8. The Morgan fingerprint density at radius 1 is 1.35 bits per heavy atom. The highest BCUT2D eigenvalue weighted by atomic mass is 35.5. The molecule has 1 unspecified atom stereocenters. The van der Waals surface area contributed by atoms with E-state index >= 15 is 0 Å². The Kier molecular flexibility index (Phi) is 4.48. The first-order chi connectivity index (χ1) is 9.13. The molecule has 6 heteroatoms. The average molecular weight is 312 g/mol. The second-order valence-corrected chi connectivity index (χ2v) is 5.20. The van der Waals surface area contributed by atoms with Crippen LogP contribution in [0, 0.1) is 0 Å². The van der Waals surface area contributed by atoms with Crippen molar-refractivity contribution in [3.05, 3.63) is 41.0 Å². The molecule has 0 bridgehead atoms. The number of nitrogens with two attached hydrogens (primary N) is 1. The first kappa shape index (κ1) is 15.0. The highest BCUT2D eigenvalue weighted by molar-refractivity contribution is 6.29. The van der Waals surface area contributed by atoms with E-state index in [4.69, 9.17) is 17.3 Å². The van der Waals surface area contributed by atoms with Crippen LogP contribution in [0.15, 0.2) is 30.3 Å². The fourth-order valence-electron chi connectivity index (χ4n) is 2.38. The van der Waals surface area contributed by atoms with Crippen molar-refractivity contribution in [3.63, 3.8) is 0 Å². The van der Waals surface area contributed by atoms with Crippen molar-refractivity contribution in [1.82, 2.24) is 9.88 Å². The van der Waals surface area contributed by atoms with Crippen molar-refractivity contribution in [2.24, 2.45) is 5.73 Å². The smallest absolute Gasteiger partial charge is 0.239 e. The van der Waals surface area contributed by atoms with Gasteiger partial charge in [0.15, 0.2) is 0 Å². The molecule has 20 heavy (non-hydrogen) atoms. The number of aromatic nitrogens is 1. The molecule has 1 aromatic carbocycles. The Labute approximate surface area is 128 Å². The van der Waals surface area contributed by atoms with Crippen LogP contribution in [0.4, 0.5) is 0 Å². The van der Waals surface area contributed by atoms with Gasteiger partial charge in [-0.05, 0) is 30.2 Å². The number of amides is 1. The summed E-state index contributed by atoms with van der Waals surface area (Å²) in [6.45, 7) is 1.30. The van der Waals surface area contributed by atoms with Crippen LogP contribution in [-0.4, -0.2) is 28.4 Å². The van der Waals surface area contributed by atoms with E-state index < -0.39 is 0 Å². The first-order valence-electron chi connectivity index (χ1n) is 6.23. The van der Waals surface area contributed by atoms with Crippen LogP contribution >= 0.6 is 24.0 Å². The number of carbonyl (C=O) groups excluding carboxylic acids is 1. The lowest BCUT2D eigenvalue weighted by Crippen LogP contribution is -2.33. The quantitative estimate of drug-likeness (QED) is 0.866. The third kappa shape index (κ3) is 2.87. The normalized spacial score (nSPS) is 18.4. The molecule has 3 rings (SSSR count). The predicted octanol–water partition coefficient (Wildman–Crippen LogP) is 2.37. The number of carbonyl (C=O) groups is 1. The van der Waals surface area contributed by atoms with E-state index in [0.29, 0.717) is 11.7 Å². The molecule has 2 heterocycles. The summed E-state index contributed by atoms with van der Waals surface area (Å²) in [6, 6.07) is 9.34. The van der Waals surface area contributed by atoms with Crippen molar-refractivity contribution in [1.29, 1.82) is 0 Å². The topological polar surface area (TPSA) is 59.2 Å². The maximum Gasteiger partial charge on any atom is 0.239 e. The summed E-state index contributed by atoms with van der Waals surface area (Å²) in [4.78, 5) is 17.9. The molecule has 2 N–H and O–H groups in total. The van der Waals surface area contributed by atoms with Crippen molar-refractivity contribution in [3.8, 4) is 0 Å². The van der Waals surface area contributed by atoms with E-state index in [-0.39, 0.29) is 24.4 Å². The molecule has 0 spiro atoms. The highest BCUT2D eigenvalue weighted by Crippen LogP contribution is 2.19. The molecule has 0 saturated carbocycles. The number of likely N-dealkylation sites (tertiary alicyclic amines) is 1. The molecule has 1 amide bonds. The molecule has 1 atom stereocenters. The standard InChI is InChI=1S/C14H14ClN3O.ClH/c15-13-4-3-10-2-1-9(7-12(10)17-13)8-18-6-5-11(16)14(18)19;/h1-4,7,11H,5-6,8,16H2;1H. The minimum Gasteiger partial charge on any atom is -0.337 e. The van der Waals surface area contributed by atoms with Crippen LogP contribution in [-0.2, 0) is 11.3 Å². The summed E-state index contributed by atoms with van der Waals surface area (Å²) >= 11 is 5.89. The third-order valence-electron chi connectivity index (χ3n) is 3.43. The molecule has 0 aliphatic carbocycles. The summed E-state index contributed by atoms with van der Waals surface area (Å²) in [7, 11) is 0. The number of halogens is 2. The van der Waals surface area contributed by atoms with Gasteiger partial charge in [0.2, 0.25) is 5.91 Å². The molecule has 1 aliphatic heterocycles. The van der Waals surface area contributed by atoms with Gasteiger partial charge in [0.1, 0.15) is 5.15 Å². The fraction of sp³-hybridized carbons (Fsp3) is 0.286. The number of hydrogen-bond acceptors (Lipinski definition) is 3. The van der Waals surface area contributed by atoms with Crippen molar-refractivity contribution < 1.29 is 4.79 Å². The molecule has 0 radical (unpaired) electrons. The summed E-state index contributed by atoms with van der Waals surface area (Å²) in [5.41, 5.74) is 7.61. The molecule has 4 nitrogen and oxygen atoms in total. The Bertz CT molecular complexity index is 647. The van der Waals surface area contributed by atoms with Crippen molar-refractivity contribution >= 4 is 40.8 Å². The molecule has 1 saturated heterocycles. The maximum atomic E-state index is 11.8. The summed E-state index contributed by atoms with van der Waals surface area (Å²) in [6.07, 6.45) is 0.733. The molecule has 2 aromatic rings. The second-order valence-electron chi connectivity index (χ2n) is 4.82. The van der Waals surface area contributed by atoms with Gasteiger partial charge in [-0.3, -0.25) is 4.79 Å². The SMILES string of the molecule is Cl.NC1CCN(Cc2ccc3ccc(Cl)nc3c2)C1=O. The van der Waals surface area contributed by atoms with Crippen LogP contribution in [0.3, 0.4) is 0 Å². The summed E-state index contributed by atoms with van der Waals surface area (Å²) in [5, 5.41) is 1.52. The van der Waals surface area contributed by atoms with Gasteiger partial charge in [-0.1, -0.05) is 23.7 Å². The van der Waals surface area contributed by atoms with E-state index in [9.17, 15) is 4.79 Å². The first-order valence-corrected chi connectivity index (χ1v) is 6.61. The Morgan fingerprint density at radius 2 is 2.10 bits per heavy atom. The zero-order chi connectivity index (χ0) is 13.4. The molecule has 106 valence electrons. The summed E-state index contributed by atoms with van der Waals surface area (Å²) in [5.74, 6) is 0.0270. The Balaban J connectivity index is 0.00000147. The maximum absolute atomic E-state index is 11.8. The van der Waals surface area contributed by atoms with Gasteiger partial charge in [0.05, 0.1) is 11.6 Å². The van der Waals surface area contributed by atoms with Gasteiger partial charge < -0.3 is 10.6 Å². The van der Waals surface area contributed by atoms with E-state index in [1.807, 2.05) is 24.3 Å². The van der Waals surface area contributed by atoms with E-state index in [2.05, 4.69) is 4.98 Å². The van der Waals surface area contributed by atoms with Gasteiger partial charge in [0.25, 0.3) is 0 Å². The zero-order valence-corrected chi connectivity index (χ0v) is 12.3. The van der Waals surface area contributed by atoms with Gasteiger partial charge in [-0.25, -0.2) is 4.98 Å². The highest BCUT2D eigenvalue weighted by Gasteiger charge is 2.28. The fourth-order valence-corrected chi connectivity index (χ4v) is 2.53. The lowest BCUT2D eigenvalue weighted by atomic mass is 10.1. The predicted molar refractivity (Wildman–Crippen MR) is 82.0 cm³/mol. The second kappa shape index (κ2) is 5.95. The molecular formula is C14H15Cl2N3O. The minimum atomic E-state index is -0.340. The Morgan fingerprint density at radius 3 is 2.80 bits per heavy atom. The Hall–Kier alpha value is -1.36. The monoisotopic (exact) mass is 311 g/mol. The summed E-state index contributed by atoms with van der Waals surface area (Å²) < 4.78 is 0.